The zero-order valence-corrected chi connectivity index (χ0v) is 18.3. The number of carbonyl (C=O) groups excluding carboxylic acids is 1. The number of hydrogen-bond acceptors (Lipinski definition) is 3. The molecule has 4 nitrogen and oxygen atoms in total. The van der Waals surface area contributed by atoms with E-state index in [0.29, 0.717) is 17.4 Å². The van der Waals surface area contributed by atoms with Gasteiger partial charge in [-0.15, -0.1) is 0 Å². The Bertz CT molecular complexity index is 1140. The average molecular weight is 433 g/mol. The van der Waals surface area contributed by atoms with Crippen LogP contribution in [0.2, 0.25) is 0 Å². The topological polar surface area (TPSA) is 63.6 Å². The van der Waals surface area contributed by atoms with Crippen molar-refractivity contribution in [2.75, 3.05) is 0 Å². The molecule has 0 spiro atoms. The Kier molecular flexibility index (Phi) is 6.16. The van der Waals surface area contributed by atoms with Crippen LogP contribution in [0.4, 0.5) is 0 Å². The minimum Gasteiger partial charge on any atom is -0.456 e. The van der Waals surface area contributed by atoms with Gasteiger partial charge in [-0.3, -0.25) is 0 Å². The molecule has 0 aliphatic carbocycles. The summed E-state index contributed by atoms with van der Waals surface area (Å²) in [7, 11) is 0. The standard InChI is InChI=1S/C26H24O4S/c1-17(2)19-11-13-20(14-12-19)25-23(15-27)22-5-3-4-6-24(22)30-26(25)21-9-7-18(8-10-21)16-31(28)29/h3-15,17,23H,16H2,1-2H3,(H,28,29). The van der Waals surface area contributed by atoms with Gasteiger partial charge in [-0.25, -0.2) is 4.21 Å². The van der Waals surface area contributed by atoms with Gasteiger partial charge in [-0.05, 0) is 28.7 Å². The SMILES string of the molecule is CC(C)c1ccc(C2=C(c3ccc(CS(=O)O)cc3)Oc3ccccc3C2C=O)cc1. The molecule has 31 heavy (non-hydrogen) atoms. The molecule has 158 valence electrons. The van der Waals surface area contributed by atoms with Crippen molar-refractivity contribution in [3.63, 3.8) is 0 Å². The predicted molar refractivity (Wildman–Crippen MR) is 124 cm³/mol. The molecule has 3 aromatic rings. The van der Waals surface area contributed by atoms with Crippen molar-refractivity contribution in [3.8, 4) is 5.75 Å². The number of hydrogen-bond donors (Lipinski definition) is 1. The van der Waals surface area contributed by atoms with Crippen LogP contribution in [0.25, 0.3) is 11.3 Å². The molecule has 5 heteroatoms. The largest absolute Gasteiger partial charge is 0.456 e. The highest BCUT2D eigenvalue weighted by atomic mass is 32.2. The van der Waals surface area contributed by atoms with Crippen LogP contribution < -0.4 is 4.74 Å². The van der Waals surface area contributed by atoms with Gasteiger partial charge in [-0.2, -0.15) is 0 Å². The summed E-state index contributed by atoms with van der Waals surface area (Å²) in [5.74, 6) is 1.33. The summed E-state index contributed by atoms with van der Waals surface area (Å²) in [4.78, 5) is 12.3. The Morgan fingerprint density at radius 1 is 0.968 bits per heavy atom. The Balaban J connectivity index is 1.87. The quantitative estimate of drug-likeness (QED) is 0.396. The average Bonchev–Trinajstić information content (AvgIpc) is 2.78. The van der Waals surface area contributed by atoms with Gasteiger partial charge in [0.15, 0.2) is 11.1 Å². The van der Waals surface area contributed by atoms with Crippen LogP contribution in [0.5, 0.6) is 5.75 Å². The van der Waals surface area contributed by atoms with Crippen LogP contribution in [0, 0.1) is 0 Å². The number of ether oxygens (including phenoxy) is 1. The Labute approximate surface area is 184 Å². The van der Waals surface area contributed by atoms with Crippen molar-refractivity contribution in [1.29, 1.82) is 0 Å². The van der Waals surface area contributed by atoms with E-state index in [1.165, 1.54) is 5.56 Å². The first-order valence-corrected chi connectivity index (χ1v) is 11.5. The van der Waals surface area contributed by atoms with Gasteiger partial charge in [0.25, 0.3) is 0 Å². The van der Waals surface area contributed by atoms with Gasteiger partial charge in [0.05, 0.1) is 11.7 Å². The molecule has 0 amide bonds. The highest BCUT2D eigenvalue weighted by Crippen LogP contribution is 2.46. The van der Waals surface area contributed by atoms with Crippen molar-refractivity contribution < 1.29 is 18.3 Å². The second-order valence-corrected chi connectivity index (χ2v) is 8.87. The minimum atomic E-state index is -1.90. The molecule has 0 saturated carbocycles. The van der Waals surface area contributed by atoms with Crippen LogP contribution in [0.15, 0.2) is 72.8 Å². The zero-order chi connectivity index (χ0) is 22.0. The highest BCUT2D eigenvalue weighted by Gasteiger charge is 2.31. The predicted octanol–water partition coefficient (Wildman–Crippen LogP) is 5.78. The molecule has 1 N–H and O–H groups in total. The molecule has 0 aromatic heterocycles. The number of rotatable bonds is 6. The third kappa shape index (κ3) is 4.38. The fourth-order valence-electron chi connectivity index (χ4n) is 3.90. The molecular formula is C26H24O4S. The van der Waals surface area contributed by atoms with Crippen molar-refractivity contribution >= 4 is 28.7 Å². The first-order valence-electron chi connectivity index (χ1n) is 10.2. The Morgan fingerprint density at radius 3 is 2.23 bits per heavy atom. The molecule has 0 bridgehead atoms. The Hall–Kier alpha value is -3.02. The van der Waals surface area contributed by atoms with Crippen molar-refractivity contribution in [3.05, 3.63) is 101 Å². The summed E-state index contributed by atoms with van der Waals surface area (Å²) >= 11 is -1.90. The van der Waals surface area contributed by atoms with Crippen molar-refractivity contribution in [2.45, 2.75) is 31.4 Å². The molecule has 1 heterocycles. The van der Waals surface area contributed by atoms with E-state index in [1.807, 2.05) is 60.7 Å². The summed E-state index contributed by atoms with van der Waals surface area (Å²) in [6.07, 6.45) is 0.969. The van der Waals surface area contributed by atoms with Crippen LogP contribution in [-0.2, 0) is 21.6 Å². The smallest absolute Gasteiger partial charge is 0.157 e. The van der Waals surface area contributed by atoms with Crippen LogP contribution in [0.1, 0.15) is 53.5 Å². The van der Waals surface area contributed by atoms with Crippen LogP contribution in [-0.4, -0.2) is 15.0 Å². The highest BCUT2D eigenvalue weighted by molar-refractivity contribution is 7.78. The van der Waals surface area contributed by atoms with E-state index in [-0.39, 0.29) is 5.75 Å². The summed E-state index contributed by atoms with van der Waals surface area (Å²) in [5.41, 5.74) is 5.41. The second kappa shape index (κ2) is 9.00. The number of benzene rings is 3. The first kappa shape index (κ1) is 21.2. The van der Waals surface area contributed by atoms with Gasteiger partial charge >= 0.3 is 0 Å². The monoisotopic (exact) mass is 432 g/mol. The summed E-state index contributed by atoms with van der Waals surface area (Å²) in [5, 5.41) is 0. The van der Waals surface area contributed by atoms with E-state index in [4.69, 9.17) is 9.29 Å². The van der Waals surface area contributed by atoms with E-state index in [0.717, 1.165) is 34.1 Å². The van der Waals surface area contributed by atoms with Crippen LogP contribution in [0.3, 0.4) is 0 Å². The zero-order valence-electron chi connectivity index (χ0n) is 17.4. The van der Waals surface area contributed by atoms with Gasteiger partial charge in [0.2, 0.25) is 0 Å². The van der Waals surface area contributed by atoms with E-state index < -0.39 is 17.0 Å². The molecule has 2 atom stereocenters. The maximum atomic E-state index is 12.3. The summed E-state index contributed by atoms with van der Waals surface area (Å²) in [6, 6.07) is 23.2. The number of carbonyl (C=O) groups is 1. The van der Waals surface area contributed by atoms with Gasteiger partial charge < -0.3 is 14.1 Å². The molecular weight excluding hydrogens is 408 g/mol. The number of allylic oxidation sites excluding steroid dienone is 1. The normalized spacial score (nSPS) is 16.6. The maximum Gasteiger partial charge on any atom is 0.157 e. The molecule has 0 saturated heterocycles. The van der Waals surface area contributed by atoms with Crippen LogP contribution >= 0.6 is 0 Å². The molecule has 2 unspecified atom stereocenters. The lowest BCUT2D eigenvalue weighted by atomic mass is 9.83. The third-order valence-corrected chi connectivity index (χ3v) is 6.13. The molecule has 0 radical (unpaired) electrons. The number of aldehydes is 1. The minimum absolute atomic E-state index is 0.0729. The van der Waals surface area contributed by atoms with E-state index in [9.17, 15) is 9.00 Å². The van der Waals surface area contributed by atoms with E-state index in [1.54, 1.807) is 0 Å². The van der Waals surface area contributed by atoms with E-state index in [2.05, 4.69) is 26.0 Å². The fraction of sp³-hybridized carbons (Fsp3) is 0.192. The van der Waals surface area contributed by atoms with E-state index >= 15 is 0 Å². The lowest BCUT2D eigenvalue weighted by Gasteiger charge is -2.28. The lowest BCUT2D eigenvalue weighted by molar-refractivity contribution is -0.108. The summed E-state index contributed by atoms with van der Waals surface area (Å²) < 4.78 is 26.6. The number of para-hydroxylation sites is 1. The van der Waals surface area contributed by atoms with Gasteiger partial charge in [0, 0.05) is 16.7 Å². The summed E-state index contributed by atoms with van der Waals surface area (Å²) in [6.45, 7) is 4.30. The molecule has 0 fully saturated rings. The number of fused-ring (bicyclic) bond motifs is 1. The van der Waals surface area contributed by atoms with Gasteiger partial charge in [0.1, 0.15) is 17.8 Å². The fourth-order valence-corrected chi connectivity index (χ4v) is 4.38. The Morgan fingerprint density at radius 2 is 1.61 bits per heavy atom. The van der Waals surface area contributed by atoms with Gasteiger partial charge in [-0.1, -0.05) is 80.6 Å². The second-order valence-electron chi connectivity index (χ2n) is 7.94. The molecule has 1 aliphatic heterocycles. The molecule has 1 aliphatic rings. The van der Waals surface area contributed by atoms with Crippen molar-refractivity contribution in [2.24, 2.45) is 0 Å². The van der Waals surface area contributed by atoms with Crippen molar-refractivity contribution in [1.82, 2.24) is 0 Å². The lowest BCUT2D eigenvalue weighted by Crippen LogP contribution is -2.15. The first-order chi connectivity index (χ1) is 15.0. The molecule has 4 rings (SSSR count). The third-order valence-electron chi connectivity index (χ3n) is 5.55. The maximum absolute atomic E-state index is 12.3. The molecule has 3 aromatic carbocycles.